The van der Waals surface area contributed by atoms with Gasteiger partial charge in [-0.05, 0) is 20.3 Å². The number of carbonyl (C=O) groups is 1. The zero-order valence-corrected chi connectivity index (χ0v) is 12.9. The van der Waals surface area contributed by atoms with Crippen LogP contribution in [0.5, 0.6) is 0 Å². The molecule has 120 valence electrons. The predicted molar refractivity (Wildman–Crippen MR) is 65.3 cm³/mol. The number of rotatable bonds is 4. The summed E-state index contributed by atoms with van der Waals surface area (Å²) in [5.74, 6) is -1.26. The number of carbonyl (C=O) groups excluding carboxylic acids is 1. The second-order valence-corrected chi connectivity index (χ2v) is 6.02. The Morgan fingerprint density at radius 1 is 1.15 bits per heavy atom. The molecule has 0 saturated heterocycles. The van der Waals surface area contributed by atoms with E-state index < -0.39 is 33.4 Å². The lowest BCUT2D eigenvalue weighted by molar-refractivity contribution is -0.407. The molecule has 0 fully saturated rings. The van der Waals surface area contributed by atoms with Gasteiger partial charge in [-0.15, -0.1) is 0 Å². The maximum Gasteiger partial charge on any atom is 0.430 e. The molecule has 10 heteroatoms. The second kappa shape index (κ2) is 5.85. The molecule has 0 aromatic heterocycles. The van der Waals surface area contributed by atoms with Crippen LogP contribution in [-0.4, -0.2) is 38.6 Å². The molecule has 0 aliphatic heterocycles. The number of aliphatic hydroxyl groups is 1. The van der Waals surface area contributed by atoms with Gasteiger partial charge in [-0.1, -0.05) is 29.5 Å². The number of ether oxygens (including phenoxy) is 1. The summed E-state index contributed by atoms with van der Waals surface area (Å²) in [5.41, 5.74) is -8.38. The van der Waals surface area contributed by atoms with Crippen LogP contribution in [0.2, 0.25) is 0 Å². The van der Waals surface area contributed by atoms with Gasteiger partial charge in [0.1, 0.15) is 3.92 Å². The van der Waals surface area contributed by atoms with Crippen molar-refractivity contribution in [2.45, 2.75) is 54.7 Å². The molecule has 20 heavy (non-hydrogen) atoms. The van der Waals surface area contributed by atoms with E-state index in [1.807, 2.05) is 0 Å². The van der Waals surface area contributed by atoms with E-state index in [1.165, 1.54) is 29.5 Å². The number of alkyl halides is 7. The average Bonchev–Trinajstić information content (AvgIpc) is 2.22. The Morgan fingerprint density at radius 3 is 1.75 bits per heavy atom. The standard InChI is InChI=1S/C10H13F6IO3/c1-4-5(17)6(18)20-7(2,3)8(19,9(11,12)13)10(14,15)16/h5,19H,4H2,1-3H3. The molecule has 0 aliphatic carbocycles. The van der Waals surface area contributed by atoms with E-state index in [4.69, 9.17) is 0 Å². The van der Waals surface area contributed by atoms with Crippen LogP contribution >= 0.6 is 22.6 Å². The smallest absolute Gasteiger partial charge is 0.430 e. The van der Waals surface area contributed by atoms with Gasteiger partial charge in [0.15, 0.2) is 5.60 Å². The molecule has 0 aromatic rings. The van der Waals surface area contributed by atoms with Crippen molar-refractivity contribution < 1.29 is 41.0 Å². The van der Waals surface area contributed by atoms with Crippen molar-refractivity contribution in [3.05, 3.63) is 0 Å². The van der Waals surface area contributed by atoms with Gasteiger partial charge in [-0.25, -0.2) is 0 Å². The summed E-state index contributed by atoms with van der Waals surface area (Å²) in [6, 6.07) is 0. The summed E-state index contributed by atoms with van der Waals surface area (Å²) in [5, 5.41) is 9.19. The molecule has 0 aliphatic rings. The van der Waals surface area contributed by atoms with Crippen molar-refractivity contribution in [1.29, 1.82) is 0 Å². The Morgan fingerprint density at radius 2 is 1.50 bits per heavy atom. The molecule has 0 radical (unpaired) electrons. The average molecular weight is 422 g/mol. The first-order valence-electron chi connectivity index (χ1n) is 5.34. The zero-order chi connectivity index (χ0) is 16.6. The molecule has 0 rings (SSSR count). The van der Waals surface area contributed by atoms with Crippen LogP contribution in [0.4, 0.5) is 26.3 Å². The summed E-state index contributed by atoms with van der Waals surface area (Å²) in [7, 11) is 0. The summed E-state index contributed by atoms with van der Waals surface area (Å²) in [6.45, 7) is 2.24. The van der Waals surface area contributed by atoms with E-state index in [0.29, 0.717) is 13.8 Å². The van der Waals surface area contributed by atoms with E-state index in [2.05, 4.69) is 4.74 Å². The lowest BCUT2D eigenvalue weighted by atomic mass is 9.84. The van der Waals surface area contributed by atoms with Gasteiger partial charge in [-0.2, -0.15) is 26.3 Å². The van der Waals surface area contributed by atoms with Crippen LogP contribution < -0.4 is 0 Å². The summed E-state index contributed by atoms with van der Waals surface area (Å²) >= 11 is 1.52. The molecular formula is C10H13F6IO3. The monoisotopic (exact) mass is 422 g/mol. The van der Waals surface area contributed by atoms with Crippen molar-refractivity contribution in [2.24, 2.45) is 0 Å². The third-order valence-corrected chi connectivity index (χ3v) is 4.05. The highest BCUT2D eigenvalue weighted by Gasteiger charge is 2.78. The van der Waals surface area contributed by atoms with Crippen LogP contribution in [0.25, 0.3) is 0 Å². The molecule has 1 atom stereocenters. The summed E-state index contributed by atoms with van der Waals surface area (Å²) < 4.78 is 79.4. The molecule has 0 saturated carbocycles. The third kappa shape index (κ3) is 3.49. The van der Waals surface area contributed by atoms with Gasteiger partial charge in [0.25, 0.3) is 5.60 Å². The fraction of sp³-hybridized carbons (Fsp3) is 0.900. The lowest BCUT2D eigenvalue weighted by Crippen LogP contribution is -2.70. The Balaban J connectivity index is 5.66. The van der Waals surface area contributed by atoms with Crippen LogP contribution in [0.1, 0.15) is 27.2 Å². The minimum absolute atomic E-state index is 0.159. The number of halogens is 7. The Hall–Kier alpha value is -0.260. The Bertz CT molecular complexity index is 349. The highest BCUT2D eigenvalue weighted by Crippen LogP contribution is 2.50. The van der Waals surface area contributed by atoms with Gasteiger partial charge >= 0.3 is 18.3 Å². The predicted octanol–water partition coefficient (Wildman–Crippen LogP) is 3.38. The molecule has 1 unspecified atom stereocenters. The van der Waals surface area contributed by atoms with Crippen molar-refractivity contribution in [3.8, 4) is 0 Å². The largest absolute Gasteiger partial charge is 0.455 e. The first-order valence-corrected chi connectivity index (χ1v) is 6.59. The third-order valence-electron chi connectivity index (χ3n) is 2.66. The molecule has 0 aromatic carbocycles. The molecule has 0 spiro atoms. The quantitative estimate of drug-likeness (QED) is 0.327. The molecule has 3 nitrogen and oxygen atoms in total. The van der Waals surface area contributed by atoms with Gasteiger partial charge in [0.2, 0.25) is 0 Å². The van der Waals surface area contributed by atoms with Gasteiger partial charge in [0.05, 0.1) is 0 Å². The minimum Gasteiger partial charge on any atom is -0.455 e. The maximum absolute atomic E-state index is 12.7. The van der Waals surface area contributed by atoms with E-state index in [1.54, 1.807) is 0 Å². The number of hydrogen-bond donors (Lipinski definition) is 1. The van der Waals surface area contributed by atoms with Gasteiger partial charge < -0.3 is 9.84 Å². The van der Waals surface area contributed by atoms with Gasteiger partial charge in [0, 0.05) is 0 Å². The zero-order valence-electron chi connectivity index (χ0n) is 10.7. The van der Waals surface area contributed by atoms with E-state index >= 15 is 0 Å². The van der Waals surface area contributed by atoms with E-state index in [-0.39, 0.29) is 6.42 Å². The topological polar surface area (TPSA) is 46.5 Å². The summed E-state index contributed by atoms with van der Waals surface area (Å²) in [4.78, 5) is 11.4. The molecule has 1 N–H and O–H groups in total. The van der Waals surface area contributed by atoms with Crippen molar-refractivity contribution in [2.75, 3.05) is 0 Å². The SMILES string of the molecule is CCC(I)C(=O)OC(C)(C)C(O)(C(F)(F)F)C(F)(F)F. The normalized spacial score (nSPS) is 15.9. The lowest BCUT2D eigenvalue weighted by Gasteiger charge is -2.43. The Kier molecular flexibility index (Phi) is 5.78. The van der Waals surface area contributed by atoms with Crippen LogP contribution in [0, 0.1) is 0 Å². The Labute approximate surface area is 124 Å². The van der Waals surface area contributed by atoms with Crippen molar-refractivity contribution in [1.82, 2.24) is 0 Å². The van der Waals surface area contributed by atoms with Crippen molar-refractivity contribution in [3.63, 3.8) is 0 Å². The molecule has 0 bridgehead atoms. The van der Waals surface area contributed by atoms with Crippen LogP contribution in [0.15, 0.2) is 0 Å². The summed E-state index contributed by atoms with van der Waals surface area (Å²) in [6.07, 6.45) is -11.9. The van der Waals surface area contributed by atoms with E-state index in [0.717, 1.165) is 0 Å². The minimum atomic E-state index is -6.05. The fourth-order valence-corrected chi connectivity index (χ4v) is 1.53. The highest BCUT2D eigenvalue weighted by molar-refractivity contribution is 14.1. The fourth-order valence-electron chi connectivity index (χ4n) is 1.40. The van der Waals surface area contributed by atoms with Crippen molar-refractivity contribution >= 4 is 28.6 Å². The first-order chi connectivity index (χ1) is 8.62. The van der Waals surface area contributed by atoms with Gasteiger partial charge in [-0.3, -0.25) is 4.79 Å². The van der Waals surface area contributed by atoms with Crippen LogP contribution in [-0.2, 0) is 9.53 Å². The molecular weight excluding hydrogens is 409 g/mol. The second-order valence-electron chi connectivity index (χ2n) is 4.51. The molecule has 0 heterocycles. The first kappa shape index (κ1) is 19.7. The van der Waals surface area contributed by atoms with E-state index in [9.17, 15) is 36.2 Å². The molecule has 0 amide bonds. The maximum atomic E-state index is 12.7. The number of hydrogen-bond acceptors (Lipinski definition) is 3. The van der Waals surface area contributed by atoms with Crippen LogP contribution in [0.3, 0.4) is 0 Å². The highest BCUT2D eigenvalue weighted by atomic mass is 127. The number of esters is 1.